The van der Waals surface area contributed by atoms with E-state index in [-0.39, 0.29) is 6.04 Å². The zero-order valence-corrected chi connectivity index (χ0v) is 19.5. The molecule has 0 aliphatic heterocycles. The number of aryl methyl sites for hydroxylation is 2. The van der Waals surface area contributed by atoms with Crippen LogP contribution in [0.15, 0.2) is 54.9 Å². The van der Waals surface area contributed by atoms with Crippen LogP contribution in [0.2, 0.25) is 0 Å². The van der Waals surface area contributed by atoms with E-state index in [2.05, 4.69) is 78.0 Å². The fourth-order valence-corrected chi connectivity index (χ4v) is 4.85. The monoisotopic (exact) mass is 442 g/mol. The van der Waals surface area contributed by atoms with Gasteiger partial charge in [-0.15, -0.1) is 0 Å². The average Bonchev–Trinajstić information content (AvgIpc) is 3.41. The van der Waals surface area contributed by atoms with E-state index >= 15 is 0 Å². The maximum Gasteiger partial charge on any atom is 0.155 e. The second kappa shape index (κ2) is 8.33. The molecule has 2 N–H and O–H groups in total. The molecule has 0 radical (unpaired) electrons. The lowest BCUT2D eigenvalue weighted by atomic mass is 10.0. The third-order valence-corrected chi connectivity index (χ3v) is 6.81. The summed E-state index contributed by atoms with van der Waals surface area (Å²) in [6.45, 7) is 5.15. The molecule has 0 spiro atoms. The van der Waals surface area contributed by atoms with Crippen LogP contribution in [-0.4, -0.2) is 26.6 Å². The molecule has 2 aromatic carbocycles. The molecule has 1 atom stereocenters. The number of benzene rings is 2. The minimum Gasteiger partial charge on any atom is -0.371 e. The fourth-order valence-electron chi connectivity index (χ4n) is 3.91. The molecule has 5 rings (SSSR count). The number of nitrogens with one attached hydrogen (secondary N) is 2. The van der Waals surface area contributed by atoms with Crippen LogP contribution in [0.4, 0.5) is 5.82 Å². The number of nitrogens with zero attached hydrogens (tertiary/aromatic N) is 4. The first kappa shape index (κ1) is 20.6. The third kappa shape index (κ3) is 3.74. The number of hydrogen-bond acceptors (Lipinski definition) is 6. The van der Waals surface area contributed by atoms with E-state index in [4.69, 9.17) is 9.97 Å². The number of aromatic nitrogens is 4. The minimum absolute atomic E-state index is 0.225. The lowest BCUT2D eigenvalue weighted by molar-refractivity contribution is 0.575. The number of hydrogen-bond donors (Lipinski definition) is 2. The van der Waals surface area contributed by atoms with E-state index in [1.165, 1.54) is 16.7 Å². The van der Waals surface area contributed by atoms with Crippen LogP contribution in [0.3, 0.4) is 0 Å². The topological polar surface area (TPSA) is 67.7 Å². The average molecular weight is 443 g/mol. The quantitative estimate of drug-likeness (QED) is 0.366. The molecular weight excluding hydrogens is 416 g/mol. The van der Waals surface area contributed by atoms with E-state index in [1.807, 2.05) is 25.0 Å². The largest absolute Gasteiger partial charge is 0.371 e. The van der Waals surface area contributed by atoms with Crippen LogP contribution in [0.25, 0.3) is 32.0 Å². The van der Waals surface area contributed by atoms with Crippen molar-refractivity contribution in [3.8, 4) is 10.6 Å². The van der Waals surface area contributed by atoms with Gasteiger partial charge in [-0.25, -0.2) is 15.0 Å². The number of fused-ring (bicyclic) bond motifs is 3. The van der Waals surface area contributed by atoms with Crippen LogP contribution >= 0.6 is 11.3 Å². The number of thiazole rings is 1. The molecule has 0 bridgehead atoms. The van der Waals surface area contributed by atoms with Gasteiger partial charge in [-0.1, -0.05) is 59.4 Å². The smallest absolute Gasteiger partial charge is 0.155 e. The molecule has 5 aromatic rings. The summed E-state index contributed by atoms with van der Waals surface area (Å²) < 4.78 is 2.01. The SMILES string of the molecule is CNc1nc2sc(-c3cccc(C(C)NCc4ccc(C)cc4)c3)nc2c2c1ncn2C. The van der Waals surface area contributed by atoms with Crippen molar-refractivity contribution < 1.29 is 0 Å². The molecule has 6 nitrogen and oxygen atoms in total. The Bertz CT molecular complexity index is 1400. The van der Waals surface area contributed by atoms with E-state index in [0.29, 0.717) is 0 Å². The molecule has 162 valence electrons. The summed E-state index contributed by atoms with van der Waals surface area (Å²) >= 11 is 1.62. The summed E-state index contributed by atoms with van der Waals surface area (Å²) in [5.41, 5.74) is 7.67. The van der Waals surface area contributed by atoms with E-state index < -0.39 is 0 Å². The molecule has 32 heavy (non-hydrogen) atoms. The number of rotatable bonds is 6. The van der Waals surface area contributed by atoms with Gasteiger partial charge in [-0.2, -0.15) is 0 Å². The Morgan fingerprint density at radius 3 is 2.66 bits per heavy atom. The van der Waals surface area contributed by atoms with Gasteiger partial charge >= 0.3 is 0 Å². The van der Waals surface area contributed by atoms with Crippen LogP contribution in [0.1, 0.15) is 29.7 Å². The second-order valence-corrected chi connectivity index (χ2v) is 9.13. The summed E-state index contributed by atoms with van der Waals surface area (Å²) in [6, 6.07) is 17.5. The number of imidazole rings is 1. The predicted molar refractivity (Wildman–Crippen MR) is 133 cm³/mol. The molecule has 1 unspecified atom stereocenters. The first-order valence-electron chi connectivity index (χ1n) is 10.7. The van der Waals surface area contributed by atoms with Crippen molar-refractivity contribution in [2.75, 3.05) is 12.4 Å². The Kier molecular flexibility index (Phi) is 5.36. The fraction of sp³-hybridized carbons (Fsp3) is 0.240. The number of pyridine rings is 1. The molecule has 3 aromatic heterocycles. The van der Waals surface area contributed by atoms with Gasteiger partial charge in [0.1, 0.15) is 26.4 Å². The van der Waals surface area contributed by atoms with Crippen molar-refractivity contribution in [2.24, 2.45) is 7.05 Å². The van der Waals surface area contributed by atoms with Gasteiger partial charge in [0.25, 0.3) is 0 Å². The van der Waals surface area contributed by atoms with Crippen molar-refractivity contribution in [3.05, 3.63) is 71.5 Å². The Labute approximate surface area is 191 Å². The van der Waals surface area contributed by atoms with Gasteiger partial charge in [0.15, 0.2) is 5.82 Å². The molecule has 0 fully saturated rings. The maximum atomic E-state index is 4.97. The molecule has 0 aliphatic rings. The Hall–Kier alpha value is -3.29. The third-order valence-electron chi connectivity index (χ3n) is 5.81. The summed E-state index contributed by atoms with van der Waals surface area (Å²) in [4.78, 5) is 15.1. The zero-order valence-electron chi connectivity index (χ0n) is 18.7. The Morgan fingerprint density at radius 2 is 1.88 bits per heavy atom. The summed E-state index contributed by atoms with van der Waals surface area (Å²) in [5, 5.41) is 7.77. The standard InChI is InChI=1S/C25H26N6S/c1-15-8-10-17(11-9-15)13-27-16(2)18-6-5-7-19(12-18)24-29-21-22-20(28-14-31(22)4)23(26-3)30-25(21)32-24/h5-12,14,16,27H,13H2,1-4H3,(H,26,30). The number of anilines is 1. The van der Waals surface area contributed by atoms with E-state index in [1.54, 1.807) is 11.3 Å². The molecule has 0 saturated heterocycles. The van der Waals surface area contributed by atoms with Gasteiger partial charge in [-0.05, 0) is 31.0 Å². The predicted octanol–water partition coefficient (Wildman–Crippen LogP) is 5.45. The highest BCUT2D eigenvalue weighted by atomic mass is 32.1. The molecule has 3 heterocycles. The van der Waals surface area contributed by atoms with Gasteiger partial charge in [0, 0.05) is 32.2 Å². The van der Waals surface area contributed by atoms with E-state index in [9.17, 15) is 0 Å². The van der Waals surface area contributed by atoms with Crippen molar-refractivity contribution in [1.82, 2.24) is 24.8 Å². The molecule has 0 amide bonds. The van der Waals surface area contributed by atoms with Crippen LogP contribution in [-0.2, 0) is 13.6 Å². The highest BCUT2D eigenvalue weighted by Gasteiger charge is 2.17. The Balaban J connectivity index is 1.45. The van der Waals surface area contributed by atoms with Crippen LogP contribution in [0, 0.1) is 6.92 Å². The second-order valence-electron chi connectivity index (χ2n) is 8.15. The van der Waals surface area contributed by atoms with Crippen molar-refractivity contribution in [1.29, 1.82) is 0 Å². The molecule has 0 saturated carbocycles. The summed E-state index contributed by atoms with van der Waals surface area (Å²) in [6.07, 6.45) is 1.81. The summed E-state index contributed by atoms with van der Waals surface area (Å²) in [5.74, 6) is 0.783. The Morgan fingerprint density at radius 1 is 1.06 bits per heavy atom. The van der Waals surface area contributed by atoms with E-state index in [0.717, 1.165) is 44.3 Å². The van der Waals surface area contributed by atoms with Gasteiger partial charge in [0.05, 0.1) is 6.33 Å². The first-order chi connectivity index (χ1) is 15.5. The zero-order chi connectivity index (χ0) is 22.2. The van der Waals surface area contributed by atoms with Crippen LogP contribution in [0.5, 0.6) is 0 Å². The van der Waals surface area contributed by atoms with Gasteiger partial charge < -0.3 is 15.2 Å². The maximum absolute atomic E-state index is 4.97. The molecular formula is C25H26N6S. The van der Waals surface area contributed by atoms with Crippen molar-refractivity contribution in [3.63, 3.8) is 0 Å². The highest BCUT2D eigenvalue weighted by molar-refractivity contribution is 7.21. The highest BCUT2D eigenvalue weighted by Crippen LogP contribution is 2.35. The summed E-state index contributed by atoms with van der Waals surface area (Å²) in [7, 11) is 3.87. The van der Waals surface area contributed by atoms with Crippen molar-refractivity contribution in [2.45, 2.75) is 26.4 Å². The molecule has 7 heteroatoms. The lowest BCUT2D eigenvalue weighted by Crippen LogP contribution is -2.18. The van der Waals surface area contributed by atoms with Crippen LogP contribution < -0.4 is 10.6 Å². The van der Waals surface area contributed by atoms with Gasteiger partial charge in [-0.3, -0.25) is 0 Å². The van der Waals surface area contributed by atoms with Gasteiger partial charge in [0.2, 0.25) is 0 Å². The minimum atomic E-state index is 0.225. The van der Waals surface area contributed by atoms with Crippen molar-refractivity contribution >= 4 is 38.5 Å². The first-order valence-corrected chi connectivity index (χ1v) is 11.5. The molecule has 0 aliphatic carbocycles. The lowest BCUT2D eigenvalue weighted by Gasteiger charge is -2.15. The normalized spacial score (nSPS) is 12.5.